The first-order valence-electron chi connectivity index (χ1n) is 22.3. The van der Waals surface area contributed by atoms with Crippen LogP contribution in [0.5, 0.6) is 0 Å². The Hall–Kier alpha value is -3.08. The van der Waals surface area contributed by atoms with Crippen LogP contribution in [0.2, 0.25) is 0 Å². The van der Waals surface area contributed by atoms with E-state index in [1.165, 1.54) is 25.3 Å². The van der Waals surface area contributed by atoms with E-state index in [1.54, 1.807) is 42.5 Å². The van der Waals surface area contributed by atoms with Crippen molar-refractivity contribution in [3.63, 3.8) is 0 Å². The van der Waals surface area contributed by atoms with Gasteiger partial charge in [0.2, 0.25) is 0 Å². The van der Waals surface area contributed by atoms with Crippen molar-refractivity contribution in [2.45, 2.75) is 154 Å². The van der Waals surface area contributed by atoms with Crippen molar-refractivity contribution in [3.05, 3.63) is 97.2 Å². The smallest absolute Gasteiger partial charge is 0.462 e. The van der Waals surface area contributed by atoms with Crippen LogP contribution in [-0.2, 0) is 41.8 Å². The van der Waals surface area contributed by atoms with E-state index < -0.39 is 84.5 Å². The van der Waals surface area contributed by atoms with Crippen LogP contribution < -0.4 is 0 Å². The first kappa shape index (κ1) is 60.9. The molecule has 0 aromatic rings. The molecule has 6 atom stereocenters. The average Bonchev–Trinajstić information content (AvgIpc) is 3.24. The summed E-state index contributed by atoms with van der Waals surface area (Å²) in [7, 11) is -9.81. The van der Waals surface area contributed by atoms with Gasteiger partial charge in [0.05, 0.1) is 38.1 Å². The summed E-state index contributed by atoms with van der Waals surface area (Å²) >= 11 is 0. The van der Waals surface area contributed by atoms with E-state index in [9.17, 15) is 44.0 Å². The molecular weight excluding hydrogens is 870 g/mol. The van der Waals surface area contributed by atoms with Crippen molar-refractivity contribution >= 4 is 27.6 Å². The number of hydrogen-bond donors (Lipinski definition) is 7. The van der Waals surface area contributed by atoms with Crippen LogP contribution in [0.15, 0.2) is 97.2 Å². The van der Waals surface area contributed by atoms with Crippen LogP contribution in [-0.4, -0.2) is 104 Å². The van der Waals surface area contributed by atoms with Gasteiger partial charge >= 0.3 is 27.6 Å². The lowest BCUT2D eigenvalue weighted by molar-refractivity contribution is -0.161. The summed E-state index contributed by atoms with van der Waals surface area (Å²) in [5.74, 6) is -1.40. The molecule has 1 unspecified atom stereocenters. The third-order valence-electron chi connectivity index (χ3n) is 8.79. The Balaban J connectivity index is 4.88. The Labute approximate surface area is 380 Å². The first-order chi connectivity index (χ1) is 30.6. The molecule has 0 rings (SSSR count). The van der Waals surface area contributed by atoms with Gasteiger partial charge in [-0.15, -0.1) is 0 Å². The quantitative estimate of drug-likeness (QED) is 0.0100. The molecule has 0 aromatic heterocycles. The number of aliphatic hydroxyl groups is 4. The number of unbranched alkanes of at least 4 members (excludes halogenated alkanes) is 7. The van der Waals surface area contributed by atoms with E-state index in [-0.39, 0.29) is 25.7 Å². The zero-order chi connectivity index (χ0) is 47.7. The topological polar surface area (TPSA) is 256 Å². The number of phosphoric ester groups is 2. The van der Waals surface area contributed by atoms with Gasteiger partial charge in [-0.3, -0.25) is 23.2 Å². The van der Waals surface area contributed by atoms with Crippen LogP contribution in [0.1, 0.15) is 123 Å². The number of carbonyl (C=O) groups is 2. The second-order valence-corrected chi connectivity index (χ2v) is 17.5. The molecule has 0 saturated heterocycles. The zero-order valence-electron chi connectivity index (χ0n) is 37.7. The van der Waals surface area contributed by atoms with E-state index in [0.29, 0.717) is 12.8 Å². The van der Waals surface area contributed by atoms with Crippen LogP contribution >= 0.6 is 15.6 Å². The SMILES string of the molecule is CC/C=C\C[C@@H](O)/C=C/C=C/C=C\C=C/[C@H](O)[C@@H](O)CCCC(=O)OC[C@H](COP(=O)(O)OC[C@@H](O)COP(=O)(O)O)OC(=O)CCCCCC/C=C\C/C=C\C/C=C\CCCCC. The van der Waals surface area contributed by atoms with Gasteiger partial charge in [0.1, 0.15) is 12.7 Å². The molecule has 0 fully saturated rings. The molecule has 16 nitrogen and oxygen atoms in total. The third kappa shape index (κ3) is 41.6. The number of carbonyl (C=O) groups excluding carboxylic acids is 2. The number of hydrogen-bond acceptors (Lipinski definition) is 13. The predicted molar refractivity (Wildman–Crippen MR) is 248 cm³/mol. The number of ether oxygens (including phenoxy) is 2. The number of aliphatic hydroxyl groups excluding tert-OH is 4. The summed E-state index contributed by atoms with van der Waals surface area (Å²) in [5, 5.41) is 40.2. The van der Waals surface area contributed by atoms with Crippen molar-refractivity contribution in [2.24, 2.45) is 0 Å². The molecule has 0 aromatic carbocycles. The fourth-order valence-electron chi connectivity index (χ4n) is 5.28. The molecule has 0 saturated carbocycles. The summed E-state index contributed by atoms with van der Waals surface area (Å²) in [5.41, 5.74) is 0. The molecule has 0 radical (unpaired) electrons. The van der Waals surface area contributed by atoms with Crippen molar-refractivity contribution in [1.29, 1.82) is 0 Å². The largest absolute Gasteiger partial charge is 0.472 e. The van der Waals surface area contributed by atoms with E-state index in [2.05, 4.69) is 52.4 Å². The van der Waals surface area contributed by atoms with Crippen molar-refractivity contribution < 1.29 is 76.9 Å². The minimum atomic E-state index is -4.91. The highest BCUT2D eigenvalue weighted by Gasteiger charge is 2.28. The van der Waals surface area contributed by atoms with Crippen LogP contribution in [0, 0.1) is 0 Å². The van der Waals surface area contributed by atoms with E-state index in [0.717, 1.165) is 51.4 Å². The lowest BCUT2D eigenvalue weighted by Crippen LogP contribution is -2.30. The van der Waals surface area contributed by atoms with Gasteiger partial charge in [-0.25, -0.2) is 9.13 Å². The maximum atomic E-state index is 12.7. The standard InChI is InChI=1S/C46H76O16P2/c1-3-5-7-8-9-10-11-12-13-14-15-16-17-18-19-24-28-34-46(52)62-42(39-61-64(56,57)60-37-41(48)36-59-63(53,54)55)38-58-45(51)35-29-33-44(50)43(49)32-27-23-21-20-22-26-31-40(47)30-25-6-4-2/h6,9-10,12-13,15-16,20-23,25-27,31-32,40-44,47-50H,3-5,7-8,11,14,17-19,24,28-30,33-39H2,1-2H3,(H,56,57)(H2,53,54,55)/b10-9-,13-12-,16-15-,22-20+,23-21-,25-6-,31-26+,32-27-/t40-,41+,42-,43+,44+/m1/s1. The molecule has 7 N–H and O–H groups in total. The molecule has 18 heteroatoms. The summed E-state index contributed by atoms with van der Waals surface area (Å²) in [6, 6.07) is 0. The Kier molecular flexibility index (Phi) is 38.3. The van der Waals surface area contributed by atoms with E-state index in [1.807, 2.05) is 19.1 Å². The summed E-state index contributed by atoms with van der Waals surface area (Å²) < 4.78 is 47.5. The fourth-order valence-corrected chi connectivity index (χ4v) is 6.44. The van der Waals surface area contributed by atoms with Gasteiger partial charge in [-0.2, -0.15) is 0 Å². The van der Waals surface area contributed by atoms with E-state index >= 15 is 0 Å². The maximum absolute atomic E-state index is 12.7. The Morgan fingerprint density at radius 3 is 1.78 bits per heavy atom. The second-order valence-electron chi connectivity index (χ2n) is 14.8. The van der Waals surface area contributed by atoms with Gasteiger partial charge in [-0.1, -0.05) is 137 Å². The number of esters is 2. The normalized spacial score (nSPS) is 16.3. The van der Waals surface area contributed by atoms with Gasteiger partial charge in [0.25, 0.3) is 0 Å². The van der Waals surface area contributed by atoms with Gasteiger partial charge < -0.3 is 44.6 Å². The molecule has 0 aliphatic heterocycles. The molecule has 0 heterocycles. The zero-order valence-corrected chi connectivity index (χ0v) is 39.5. The molecule has 64 heavy (non-hydrogen) atoms. The van der Waals surface area contributed by atoms with E-state index in [4.69, 9.17) is 23.8 Å². The van der Waals surface area contributed by atoms with Gasteiger partial charge in [0.15, 0.2) is 6.10 Å². The third-order valence-corrected chi connectivity index (χ3v) is 10.2. The number of phosphoric acid groups is 2. The Morgan fingerprint density at radius 1 is 0.578 bits per heavy atom. The maximum Gasteiger partial charge on any atom is 0.472 e. The van der Waals surface area contributed by atoms with Gasteiger partial charge in [0, 0.05) is 12.8 Å². The van der Waals surface area contributed by atoms with Crippen LogP contribution in [0.4, 0.5) is 0 Å². The summed E-state index contributed by atoms with van der Waals surface area (Å²) in [6.45, 7) is 1.10. The molecular formula is C46H76O16P2. The van der Waals surface area contributed by atoms with Gasteiger partial charge in [-0.05, 0) is 70.6 Å². The monoisotopic (exact) mass is 946 g/mol. The minimum Gasteiger partial charge on any atom is -0.462 e. The summed E-state index contributed by atoms with van der Waals surface area (Å²) in [6.07, 6.45) is 36.2. The van der Waals surface area contributed by atoms with Crippen molar-refractivity contribution in [2.75, 3.05) is 26.4 Å². The van der Waals surface area contributed by atoms with Crippen molar-refractivity contribution in [1.82, 2.24) is 0 Å². The van der Waals surface area contributed by atoms with Crippen molar-refractivity contribution in [3.8, 4) is 0 Å². The highest BCUT2D eigenvalue weighted by molar-refractivity contribution is 7.47. The predicted octanol–water partition coefficient (Wildman–Crippen LogP) is 8.25. The lowest BCUT2D eigenvalue weighted by atomic mass is 10.1. The average molecular weight is 947 g/mol. The number of allylic oxidation sites excluding steroid dienone is 13. The molecule has 0 aliphatic rings. The fraction of sp³-hybridized carbons (Fsp3) is 0.609. The Bertz CT molecular complexity index is 1550. The number of rotatable bonds is 40. The Morgan fingerprint density at radius 2 is 1.14 bits per heavy atom. The summed E-state index contributed by atoms with van der Waals surface area (Å²) in [4.78, 5) is 52.8. The molecule has 0 spiro atoms. The lowest BCUT2D eigenvalue weighted by Gasteiger charge is -2.20. The highest BCUT2D eigenvalue weighted by atomic mass is 31.2. The minimum absolute atomic E-state index is 0.0259. The molecule has 366 valence electrons. The highest BCUT2D eigenvalue weighted by Crippen LogP contribution is 2.43. The second kappa shape index (κ2) is 40.2. The van der Waals surface area contributed by atoms with Crippen LogP contribution in [0.3, 0.4) is 0 Å². The molecule has 0 bridgehead atoms. The first-order valence-corrected chi connectivity index (χ1v) is 25.3. The molecule has 0 amide bonds. The molecule has 0 aliphatic carbocycles. The van der Waals surface area contributed by atoms with Crippen LogP contribution in [0.25, 0.3) is 0 Å².